The largest absolute Gasteiger partial charge is 0.497 e. The number of rotatable bonds is 9. The van der Waals surface area contributed by atoms with Gasteiger partial charge in [-0.15, -0.1) is 0 Å². The van der Waals surface area contributed by atoms with Crippen molar-refractivity contribution in [2.45, 2.75) is 17.9 Å². The van der Waals surface area contributed by atoms with Gasteiger partial charge in [0, 0.05) is 13.1 Å². The lowest BCUT2D eigenvalue weighted by atomic mass is 10.1. The zero-order valence-electron chi connectivity index (χ0n) is 17.1. The summed E-state index contributed by atoms with van der Waals surface area (Å²) in [5.74, 6) is 0.826. The Morgan fingerprint density at radius 2 is 1.59 bits per heavy atom. The van der Waals surface area contributed by atoms with Crippen molar-refractivity contribution in [1.29, 1.82) is 0 Å². The molecule has 8 nitrogen and oxygen atoms in total. The number of nitrogens with zero attached hydrogens (tertiary/aromatic N) is 1. The van der Waals surface area contributed by atoms with Crippen LogP contribution < -0.4 is 19.5 Å². The molecule has 2 rings (SSSR count). The molecule has 1 N–H and O–H groups in total. The molecule has 0 bridgehead atoms. The number of likely N-dealkylation sites (N-methyl/N-ethyl adjacent to an activating group) is 1. The lowest BCUT2D eigenvalue weighted by Gasteiger charge is -2.21. The molecule has 0 aliphatic carbocycles. The minimum atomic E-state index is -3.97. The van der Waals surface area contributed by atoms with E-state index in [0.717, 1.165) is 9.87 Å². The summed E-state index contributed by atoms with van der Waals surface area (Å²) in [5, 5.41) is 2.80. The van der Waals surface area contributed by atoms with Crippen molar-refractivity contribution < 1.29 is 27.4 Å². The number of carbonyl (C=O) groups excluding carboxylic acids is 1. The number of hydrogen-bond acceptors (Lipinski definition) is 6. The van der Waals surface area contributed by atoms with Crippen molar-refractivity contribution in [3.63, 3.8) is 0 Å². The summed E-state index contributed by atoms with van der Waals surface area (Å²) in [6.45, 7) is 1.47. The third kappa shape index (κ3) is 5.39. The summed E-state index contributed by atoms with van der Waals surface area (Å²) in [5.41, 5.74) is 0.874. The molecular formula is C20H26N2O6S. The van der Waals surface area contributed by atoms with Crippen molar-refractivity contribution in [3.8, 4) is 17.2 Å². The van der Waals surface area contributed by atoms with Gasteiger partial charge >= 0.3 is 0 Å². The normalized spacial score (nSPS) is 12.3. The number of carbonyl (C=O) groups is 1. The van der Waals surface area contributed by atoms with Gasteiger partial charge in [-0.25, -0.2) is 8.42 Å². The van der Waals surface area contributed by atoms with E-state index >= 15 is 0 Å². The zero-order chi connectivity index (χ0) is 21.6. The molecular weight excluding hydrogens is 396 g/mol. The second-order valence-electron chi connectivity index (χ2n) is 6.34. The first-order chi connectivity index (χ1) is 13.7. The Morgan fingerprint density at radius 3 is 2.14 bits per heavy atom. The van der Waals surface area contributed by atoms with Gasteiger partial charge in [0.05, 0.1) is 33.9 Å². The second kappa shape index (κ2) is 9.62. The summed E-state index contributed by atoms with van der Waals surface area (Å²) in [6.07, 6.45) is 0. The van der Waals surface area contributed by atoms with Gasteiger partial charge in [-0.05, 0) is 36.8 Å². The predicted octanol–water partition coefficient (Wildman–Crippen LogP) is 2.21. The quantitative estimate of drug-likeness (QED) is 0.666. The summed E-state index contributed by atoms with van der Waals surface area (Å²) in [6, 6.07) is 11.4. The van der Waals surface area contributed by atoms with Crippen molar-refractivity contribution in [2.24, 2.45) is 0 Å². The van der Waals surface area contributed by atoms with E-state index in [0.29, 0.717) is 11.5 Å². The number of nitrogens with one attached hydrogen (secondary N) is 1. The molecule has 29 heavy (non-hydrogen) atoms. The highest BCUT2D eigenvalue weighted by Gasteiger charge is 2.27. The van der Waals surface area contributed by atoms with E-state index in [1.54, 1.807) is 25.3 Å². The molecule has 1 amide bonds. The number of ether oxygens (including phenoxy) is 3. The Bertz CT molecular complexity index is 944. The first-order valence-corrected chi connectivity index (χ1v) is 10.3. The molecule has 0 saturated heterocycles. The average Bonchev–Trinajstić information content (AvgIpc) is 2.72. The Balaban J connectivity index is 2.11. The zero-order valence-corrected chi connectivity index (χ0v) is 17.9. The first kappa shape index (κ1) is 22.5. The minimum absolute atomic E-state index is 0.0714. The fraction of sp³-hybridized carbons (Fsp3) is 0.350. The SMILES string of the molecule is COc1ccc(C(C)NC(=O)CN(C)S(=O)(=O)c2cc(OC)ccc2OC)cc1. The molecule has 0 spiro atoms. The average molecular weight is 423 g/mol. The second-order valence-corrected chi connectivity index (χ2v) is 8.35. The van der Waals surface area contributed by atoms with Crippen LogP contribution in [0.3, 0.4) is 0 Å². The highest BCUT2D eigenvalue weighted by molar-refractivity contribution is 7.89. The molecule has 9 heteroatoms. The Hall–Kier alpha value is -2.78. The van der Waals surface area contributed by atoms with Crippen LogP contribution in [-0.2, 0) is 14.8 Å². The molecule has 0 aliphatic heterocycles. The third-order valence-corrected chi connectivity index (χ3v) is 6.24. The molecule has 2 aromatic carbocycles. The standard InChI is InChI=1S/C20H26N2O6S/c1-14(15-6-8-16(26-3)9-7-15)21-20(23)13-22(2)29(24,25)19-12-17(27-4)10-11-18(19)28-5/h6-12,14H,13H2,1-5H3,(H,21,23). The first-order valence-electron chi connectivity index (χ1n) is 8.84. The molecule has 1 atom stereocenters. The van der Waals surface area contributed by atoms with E-state index in [1.807, 2.05) is 19.1 Å². The number of hydrogen-bond donors (Lipinski definition) is 1. The Kier molecular flexibility index (Phi) is 7.46. The van der Waals surface area contributed by atoms with Crippen LogP contribution in [-0.4, -0.2) is 53.6 Å². The van der Waals surface area contributed by atoms with E-state index in [-0.39, 0.29) is 23.2 Å². The van der Waals surface area contributed by atoms with E-state index in [1.165, 1.54) is 33.4 Å². The van der Waals surface area contributed by atoms with Crippen molar-refractivity contribution in [3.05, 3.63) is 48.0 Å². The minimum Gasteiger partial charge on any atom is -0.497 e. The molecule has 0 aromatic heterocycles. The molecule has 0 fully saturated rings. The molecule has 1 unspecified atom stereocenters. The van der Waals surface area contributed by atoms with Crippen molar-refractivity contribution >= 4 is 15.9 Å². The van der Waals surface area contributed by atoms with Crippen LogP contribution in [0.2, 0.25) is 0 Å². The van der Waals surface area contributed by atoms with E-state index < -0.39 is 15.9 Å². The molecule has 0 aliphatic rings. The van der Waals surface area contributed by atoms with Gasteiger partial charge < -0.3 is 19.5 Å². The monoisotopic (exact) mass is 422 g/mol. The maximum absolute atomic E-state index is 12.9. The van der Waals surface area contributed by atoms with Gasteiger partial charge in [-0.2, -0.15) is 4.31 Å². The molecule has 0 radical (unpaired) electrons. The van der Waals surface area contributed by atoms with Crippen molar-refractivity contribution in [1.82, 2.24) is 9.62 Å². The summed E-state index contributed by atoms with van der Waals surface area (Å²) in [7, 11) is 1.77. The van der Waals surface area contributed by atoms with Gasteiger partial charge in [0.2, 0.25) is 15.9 Å². The maximum atomic E-state index is 12.9. The van der Waals surface area contributed by atoms with Crippen LogP contribution in [0.5, 0.6) is 17.2 Å². The van der Waals surface area contributed by atoms with Crippen LogP contribution in [0.25, 0.3) is 0 Å². The molecule has 2 aromatic rings. The van der Waals surface area contributed by atoms with Crippen molar-refractivity contribution in [2.75, 3.05) is 34.9 Å². The fourth-order valence-electron chi connectivity index (χ4n) is 2.70. The van der Waals surface area contributed by atoms with E-state index in [2.05, 4.69) is 5.32 Å². The lowest BCUT2D eigenvalue weighted by molar-refractivity contribution is -0.121. The Morgan fingerprint density at radius 1 is 1.00 bits per heavy atom. The molecule has 0 saturated carbocycles. The number of benzene rings is 2. The topological polar surface area (TPSA) is 94.2 Å². The van der Waals surface area contributed by atoms with Crippen LogP contribution in [0, 0.1) is 0 Å². The van der Waals surface area contributed by atoms with Gasteiger partial charge in [-0.1, -0.05) is 12.1 Å². The maximum Gasteiger partial charge on any atom is 0.247 e. The van der Waals surface area contributed by atoms with Gasteiger partial charge in [0.25, 0.3) is 0 Å². The number of amides is 1. The lowest BCUT2D eigenvalue weighted by Crippen LogP contribution is -2.39. The van der Waals surface area contributed by atoms with Crippen LogP contribution in [0.15, 0.2) is 47.4 Å². The summed E-state index contributed by atoms with van der Waals surface area (Å²) >= 11 is 0. The highest BCUT2D eigenvalue weighted by Crippen LogP contribution is 2.30. The fourth-order valence-corrected chi connectivity index (χ4v) is 4.00. The van der Waals surface area contributed by atoms with Gasteiger partial charge in [0.15, 0.2) is 0 Å². The summed E-state index contributed by atoms with van der Waals surface area (Å²) < 4.78 is 42.2. The smallest absolute Gasteiger partial charge is 0.247 e. The molecule has 0 heterocycles. The van der Waals surface area contributed by atoms with Gasteiger partial charge in [-0.3, -0.25) is 4.79 Å². The summed E-state index contributed by atoms with van der Waals surface area (Å²) in [4.78, 5) is 12.3. The molecule has 158 valence electrons. The van der Waals surface area contributed by atoms with E-state index in [9.17, 15) is 13.2 Å². The number of sulfonamides is 1. The highest BCUT2D eigenvalue weighted by atomic mass is 32.2. The Labute approximate surface area is 171 Å². The predicted molar refractivity (Wildman–Crippen MR) is 109 cm³/mol. The number of methoxy groups -OCH3 is 3. The van der Waals surface area contributed by atoms with Crippen LogP contribution in [0.4, 0.5) is 0 Å². The van der Waals surface area contributed by atoms with E-state index in [4.69, 9.17) is 14.2 Å². The van der Waals surface area contributed by atoms with Crippen LogP contribution in [0.1, 0.15) is 18.5 Å². The third-order valence-electron chi connectivity index (χ3n) is 4.42. The van der Waals surface area contributed by atoms with Gasteiger partial charge in [0.1, 0.15) is 22.1 Å². The van der Waals surface area contributed by atoms with Crippen LogP contribution >= 0.6 is 0 Å².